The predicted octanol–water partition coefficient (Wildman–Crippen LogP) is -0.427. The SMILES string of the molecule is COC(=O)CCCC(N)N. The van der Waals surface area contributed by atoms with Crippen molar-refractivity contribution in [2.24, 2.45) is 11.5 Å². The van der Waals surface area contributed by atoms with Gasteiger partial charge in [0.1, 0.15) is 0 Å². The van der Waals surface area contributed by atoms with Gasteiger partial charge in [0.2, 0.25) is 0 Å². The van der Waals surface area contributed by atoms with Crippen molar-refractivity contribution >= 4 is 5.97 Å². The first-order valence-corrected chi connectivity index (χ1v) is 3.24. The molecule has 4 N–H and O–H groups in total. The molecule has 0 aliphatic rings. The van der Waals surface area contributed by atoms with E-state index in [9.17, 15) is 4.79 Å². The predicted molar refractivity (Wildman–Crippen MR) is 38.0 cm³/mol. The third kappa shape index (κ3) is 5.53. The van der Waals surface area contributed by atoms with Gasteiger partial charge in [0.25, 0.3) is 0 Å². The van der Waals surface area contributed by atoms with Gasteiger partial charge in [-0.05, 0) is 12.8 Å². The number of esters is 1. The topological polar surface area (TPSA) is 78.3 Å². The van der Waals surface area contributed by atoms with Crippen LogP contribution in [0, 0.1) is 0 Å². The van der Waals surface area contributed by atoms with Gasteiger partial charge in [0, 0.05) is 6.42 Å². The second kappa shape index (κ2) is 5.20. The highest BCUT2D eigenvalue weighted by Gasteiger charge is 2.00. The molecule has 10 heavy (non-hydrogen) atoms. The van der Waals surface area contributed by atoms with Crippen molar-refractivity contribution in [1.82, 2.24) is 0 Å². The highest BCUT2D eigenvalue weighted by Crippen LogP contribution is 1.96. The second-order valence-electron chi connectivity index (χ2n) is 2.13. The van der Waals surface area contributed by atoms with Crippen LogP contribution in [0.3, 0.4) is 0 Å². The van der Waals surface area contributed by atoms with Gasteiger partial charge >= 0.3 is 5.97 Å². The number of rotatable bonds is 4. The van der Waals surface area contributed by atoms with E-state index in [2.05, 4.69) is 4.74 Å². The van der Waals surface area contributed by atoms with Gasteiger partial charge in [-0.2, -0.15) is 0 Å². The molecule has 4 nitrogen and oxygen atoms in total. The maximum absolute atomic E-state index is 10.5. The smallest absolute Gasteiger partial charge is 0.305 e. The molecule has 0 saturated heterocycles. The molecule has 0 aromatic rings. The Bertz CT molecular complexity index is 104. The molecule has 0 aliphatic carbocycles. The first kappa shape index (κ1) is 9.39. The number of hydrogen-bond donors (Lipinski definition) is 2. The third-order valence-corrected chi connectivity index (χ3v) is 1.15. The van der Waals surface area contributed by atoms with Crippen LogP contribution in [0.1, 0.15) is 19.3 Å². The quantitative estimate of drug-likeness (QED) is 0.417. The molecule has 0 rings (SSSR count). The van der Waals surface area contributed by atoms with Crippen LogP contribution in [0.25, 0.3) is 0 Å². The Balaban J connectivity index is 3.12. The van der Waals surface area contributed by atoms with Crippen LogP contribution in [-0.2, 0) is 9.53 Å². The minimum absolute atomic E-state index is 0.208. The van der Waals surface area contributed by atoms with Crippen molar-refractivity contribution < 1.29 is 9.53 Å². The lowest BCUT2D eigenvalue weighted by Crippen LogP contribution is -2.30. The Morgan fingerprint density at radius 2 is 2.20 bits per heavy atom. The lowest BCUT2D eigenvalue weighted by molar-refractivity contribution is -0.140. The minimum atomic E-state index is -0.315. The van der Waals surface area contributed by atoms with E-state index in [0.717, 1.165) is 0 Å². The molecule has 60 valence electrons. The molecule has 0 aliphatic heterocycles. The summed E-state index contributed by atoms with van der Waals surface area (Å²) in [5, 5.41) is 0. The monoisotopic (exact) mass is 146 g/mol. The fourth-order valence-corrected chi connectivity index (χ4v) is 0.584. The van der Waals surface area contributed by atoms with Crippen molar-refractivity contribution in [2.75, 3.05) is 7.11 Å². The minimum Gasteiger partial charge on any atom is -0.469 e. The Kier molecular flexibility index (Phi) is 4.88. The fraction of sp³-hybridized carbons (Fsp3) is 0.833. The van der Waals surface area contributed by atoms with Crippen molar-refractivity contribution in [2.45, 2.75) is 25.4 Å². The van der Waals surface area contributed by atoms with Gasteiger partial charge < -0.3 is 16.2 Å². The highest BCUT2D eigenvalue weighted by molar-refractivity contribution is 5.68. The van der Waals surface area contributed by atoms with Gasteiger partial charge in [0.05, 0.1) is 13.3 Å². The van der Waals surface area contributed by atoms with E-state index in [4.69, 9.17) is 11.5 Å². The van der Waals surface area contributed by atoms with E-state index in [-0.39, 0.29) is 12.1 Å². The summed E-state index contributed by atoms with van der Waals surface area (Å²) >= 11 is 0. The van der Waals surface area contributed by atoms with Gasteiger partial charge in [-0.15, -0.1) is 0 Å². The van der Waals surface area contributed by atoms with Crippen LogP contribution >= 0.6 is 0 Å². The molecular weight excluding hydrogens is 132 g/mol. The second-order valence-corrected chi connectivity index (χ2v) is 2.13. The summed E-state index contributed by atoms with van der Waals surface area (Å²) in [4.78, 5) is 10.5. The van der Waals surface area contributed by atoms with Crippen molar-refractivity contribution in [3.8, 4) is 0 Å². The standard InChI is InChI=1S/C6H14N2O2/c1-10-6(9)4-2-3-5(7)8/h5H,2-4,7-8H2,1H3. The molecule has 0 amide bonds. The van der Waals surface area contributed by atoms with Gasteiger partial charge in [0.15, 0.2) is 0 Å². The molecule has 0 aromatic carbocycles. The summed E-state index contributed by atoms with van der Waals surface area (Å²) < 4.78 is 4.41. The number of methoxy groups -OCH3 is 1. The fourth-order valence-electron chi connectivity index (χ4n) is 0.584. The molecule has 0 atom stereocenters. The summed E-state index contributed by atoms with van der Waals surface area (Å²) in [6.45, 7) is 0. The Morgan fingerprint density at radius 3 is 2.60 bits per heavy atom. The van der Waals surface area contributed by atoms with Gasteiger partial charge in [-0.1, -0.05) is 0 Å². The largest absolute Gasteiger partial charge is 0.469 e. The molecule has 0 aromatic heterocycles. The van der Waals surface area contributed by atoms with Crippen LogP contribution in [0.4, 0.5) is 0 Å². The molecule has 0 saturated carbocycles. The third-order valence-electron chi connectivity index (χ3n) is 1.15. The lowest BCUT2D eigenvalue weighted by atomic mass is 10.2. The number of hydrogen-bond acceptors (Lipinski definition) is 4. The zero-order valence-corrected chi connectivity index (χ0v) is 6.17. The maximum atomic E-state index is 10.5. The molecule has 4 heteroatoms. The van der Waals surface area contributed by atoms with E-state index in [1.807, 2.05) is 0 Å². The van der Waals surface area contributed by atoms with Crippen LogP contribution in [0.2, 0.25) is 0 Å². The Hall–Kier alpha value is -0.610. The number of ether oxygens (including phenoxy) is 1. The summed E-state index contributed by atoms with van der Waals surface area (Å²) in [7, 11) is 1.37. The summed E-state index contributed by atoms with van der Waals surface area (Å²) in [6.07, 6.45) is 1.45. The maximum Gasteiger partial charge on any atom is 0.305 e. The van der Waals surface area contributed by atoms with Crippen LogP contribution in [0.5, 0.6) is 0 Å². The van der Waals surface area contributed by atoms with Crippen LogP contribution in [0.15, 0.2) is 0 Å². The first-order valence-electron chi connectivity index (χ1n) is 3.24. The molecule has 0 bridgehead atoms. The summed E-state index contributed by atoms with van der Waals surface area (Å²) in [6, 6.07) is 0. The number of carbonyl (C=O) groups excluding carboxylic acids is 1. The molecule has 0 radical (unpaired) electrons. The molecular formula is C6H14N2O2. The highest BCUT2D eigenvalue weighted by atomic mass is 16.5. The lowest BCUT2D eigenvalue weighted by Gasteiger charge is -2.02. The zero-order chi connectivity index (χ0) is 7.98. The summed E-state index contributed by atoms with van der Waals surface area (Å²) in [5.74, 6) is -0.208. The molecule has 0 heterocycles. The van der Waals surface area contributed by atoms with E-state index in [1.165, 1.54) is 7.11 Å². The van der Waals surface area contributed by atoms with Crippen LogP contribution < -0.4 is 11.5 Å². The summed E-state index contributed by atoms with van der Waals surface area (Å²) in [5.41, 5.74) is 10.5. The first-order chi connectivity index (χ1) is 4.66. The number of carbonyl (C=O) groups is 1. The van der Waals surface area contributed by atoms with E-state index >= 15 is 0 Å². The Morgan fingerprint density at radius 1 is 1.60 bits per heavy atom. The van der Waals surface area contributed by atoms with Crippen molar-refractivity contribution in [3.63, 3.8) is 0 Å². The molecule has 0 spiro atoms. The molecule has 0 fully saturated rings. The zero-order valence-electron chi connectivity index (χ0n) is 6.17. The van der Waals surface area contributed by atoms with E-state index in [1.54, 1.807) is 0 Å². The normalized spacial score (nSPS) is 10.0. The van der Waals surface area contributed by atoms with Crippen LogP contribution in [-0.4, -0.2) is 19.2 Å². The van der Waals surface area contributed by atoms with Crippen molar-refractivity contribution in [3.05, 3.63) is 0 Å². The van der Waals surface area contributed by atoms with Gasteiger partial charge in [-0.3, -0.25) is 4.79 Å². The Labute approximate surface area is 60.5 Å². The van der Waals surface area contributed by atoms with Gasteiger partial charge in [-0.25, -0.2) is 0 Å². The number of nitrogens with two attached hydrogens (primary N) is 2. The average molecular weight is 146 g/mol. The van der Waals surface area contributed by atoms with Crippen molar-refractivity contribution in [1.29, 1.82) is 0 Å². The average Bonchev–Trinajstić information content (AvgIpc) is 1.87. The van der Waals surface area contributed by atoms with E-state index in [0.29, 0.717) is 19.3 Å². The van der Waals surface area contributed by atoms with E-state index < -0.39 is 0 Å². The molecule has 0 unspecified atom stereocenters.